The van der Waals surface area contributed by atoms with Gasteiger partial charge in [0, 0.05) is 44.0 Å². The lowest BCUT2D eigenvalue weighted by Crippen LogP contribution is -2.34. The van der Waals surface area contributed by atoms with Gasteiger partial charge in [-0.05, 0) is 23.6 Å². The van der Waals surface area contributed by atoms with Crippen LogP contribution in [0.3, 0.4) is 0 Å². The van der Waals surface area contributed by atoms with Crippen LogP contribution < -0.4 is 10.2 Å². The fourth-order valence-electron chi connectivity index (χ4n) is 3.34. The Labute approximate surface area is 179 Å². The van der Waals surface area contributed by atoms with E-state index in [1.165, 1.54) is 16.9 Å². The van der Waals surface area contributed by atoms with Crippen molar-refractivity contribution in [2.24, 2.45) is 0 Å². The predicted molar refractivity (Wildman–Crippen MR) is 116 cm³/mol. The third kappa shape index (κ3) is 5.01. The second kappa shape index (κ2) is 9.49. The zero-order valence-corrected chi connectivity index (χ0v) is 17.3. The van der Waals surface area contributed by atoms with Crippen LogP contribution in [-0.4, -0.2) is 46.4 Å². The van der Waals surface area contributed by atoms with Crippen molar-refractivity contribution in [2.45, 2.75) is 19.4 Å². The predicted octanol–water partition coefficient (Wildman–Crippen LogP) is 2.88. The standard InChI is InChI=1S/C22H23N5O2S/c28-20(13-19-16-30-22(25-19)27-12-10-24-21(27)29)26(15-18-7-4-9-23-14-18)11-8-17-5-2-1-3-6-17/h1-7,9,14,16H,8,10-13,15H2,(H,24,29). The lowest BCUT2D eigenvalue weighted by atomic mass is 10.1. The van der Waals surface area contributed by atoms with E-state index in [0.717, 1.165) is 12.0 Å². The number of urea groups is 1. The van der Waals surface area contributed by atoms with E-state index in [4.69, 9.17) is 0 Å². The summed E-state index contributed by atoms with van der Waals surface area (Å²) in [5.41, 5.74) is 2.87. The third-order valence-corrected chi connectivity index (χ3v) is 5.83. The molecule has 7 nitrogen and oxygen atoms in total. The van der Waals surface area contributed by atoms with Crippen molar-refractivity contribution in [1.82, 2.24) is 20.2 Å². The molecule has 1 fully saturated rings. The molecule has 4 rings (SSSR count). The fourth-order valence-corrected chi connectivity index (χ4v) is 4.18. The molecule has 154 valence electrons. The Balaban J connectivity index is 1.44. The first-order valence-electron chi connectivity index (χ1n) is 9.89. The summed E-state index contributed by atoms with van der Waals surface area (Å²) in [6.45, 7) is 2.34. The molecule has 8 heteroatoms. The van der Waals surface area contributed by atoms with Crippen LogP contribution in [0.2, 0.25) is 0 Å². The maximum Gasteiger partial charge on any atom is 0.323 e. The van der Waals surface area contributed by atoms with Gasteiger partial charge in [0.2, 0.25) is 5.91 Å². The molecule has 1 aliphatic rings. The quantitative estimate of drug-likeness (QED) is 0.607. The number of carbonyl (C=O) groups excluding carboxylic acids is 2. The smallest absolute Gasteiger partial charge is 0.323 e. The number of hydrogen-bond acceptors (Lipinski definition) is 5. The number of amides is 3. The van der Waals surface area contributed by atoms with Gasteiger partial charge in [0.1, 0.15) is 0 Å². The van der Waals surface area contributed by atoms with Gasteiger partial charge in [-0.15, -0.1) is 11.3 Å². The van der Waals surface area contributed by atoms with Gasteiger partial charge in [-0.3, -0.25) is 14.7 Å². The molecule has 1 saturated heterocycles. The van der Waals surface area contributed by atoms with E-state index >= 15 is 0 Å². The van der Waals surface area contributed by atoms with Crippen molar-refractivity contribution in [3.05, 3.63) is 77.1 Å². The molecule has 2 aromatic heterocycles. The van der Waals surface area contributed by atoms with E-state index in [1.54, 1.807) is 17.3 Å². The number of nitrogens with zero attached hydrogens (tertiary/aromatic N) is 4. The molecule has 1 aromatic carbocycles. The number of benzene rings is 1. The van der Waals surface area contributed by atoms with E-state index < -0.39 is 0 Å². The molecule has 3 aromatic rings. The number of rotatable bonds is 8. The minimum atomic E-state index is -0.136. The Morgan fingerprint density at radius 3 is 2.73 bits per heavy atom. The molecular weight excluding hydrogens is 398 g/mol. The Morgan fingerprint density at radius 1 is 1.17 bits per heavy atom. The van der Waals surface area contributed by atoms with E-state index in [0.29, 0.717) is 37.0 Å². The summed E-state index contributed by atoms with van der Waals surface area (Å²) in [5.74, 6) is 0.0116. The minimum Gasteiger partial charge on any atom is -0.338 e. The number of nitrogens with one attached hydrogen (secondary N) is 1. The highest BCUT2D eigenvalue weighted by Gasteiger charge is 2.24. The van der Waals surface area contributed by atoms with E-state index in [9.17, 15) is 9.59 Å². The zero-order chi connectivity index (χ0) is 20.8. The van der Waals surface area contributed by atoms with Crippen molar-refractivity contribution in [1.29, 1.82) is 0 Å². The van der Waals surface area contributed by atoms with Gasteiger partial charge in [-0.1, -0.05) is 36.4 Å². The molecule has 0 spiro atoms. The summed E-state index contributed by atoms with van der Waals surface area (Å²) in [6.07, 6.45) is 4.50. The summed E-state index contributed by atoms with van der Waals surface area (Å²) in [5, 5.41) is 5.26. The highest BCUT2D eigenvalue weighted by atomic mass is 32.1. The van der Waals surface area contributed by atoms with Crippen molar-refractivity contribution < 1.29 is 9.59 Å². The molecule has 0 aliphatic carbocycles. The third-order valence-electron chi connectivity index (χ3n) is 4.92. The van der Waals surface area contributed by atoms with Crippen LogP contribution >= 0.6 is 11.3 Å². The van der Waals surface area contributed by atoms with Gasteiger partial charge in [0.05, 0.1) is 12.1 Å². The molecule has 1 aliphatic heterocycles. The van der Waals surface area contributed by atoms with Crippen molar-refractivity contribution in [3.63, 3.8) is 0 Å². The minimum absolute atomic E-state index is 0.0116. The van der Waals surface area contributed by atoms with Gasteiger partial charge in [-0.2, -0.15) is 0 Å². The Morgan fingerprint density at radius 2 is 2.00 bits per heavy atom. The molecule has 3 heterocycles. The first kappa shape index (κ1) is 20.0. The van der Waals surface area contributed by atoms with Crippen molar-refractivity contribution in [2.75, 3.05) is 24.5 Å². The molecular formula is C22H23N5O2S. The maximum atomic E-state index is 13.1. The van der Waals surface area contributed by atoms with Crippen molar-refractivity contribution >= 4 is 28.4 Å². The van der Waals surface area contributed by atoms with Crippen LogP contribution in [0.5, 0.6) is 0 Å². The topological polar surface area (TPSA) is 78.4 Å². The molecule has 30 heavy (non-hydrogen) atoms. The maximum absolute atomic E-state index is 13.1. The summed E-state index contributed by atoms with van der Waals surface area (Å²) in [7, 11) is 0. The van der Waals surface area contributed by atoms with Crippen LogP contribution in [0.4, 0.5) is 9.93 Å². The van der Waals surface area contributed by atoms with Crippen molar-refractivity contribution in [3.8, 4) is 0 Å². The van der Waals surface area contributed by atoms with E-state index in [-0.39, 0.29) is 18.4 Å². The fraction of sp³-hybridized carbons (Fsp3) is 0.273. The number of hydrogen-bond donors (Lipinski definition) is 1. The summed E-state index contributed by atoms with van der Waals surface area (Å²) < 4.78 is 0. The Bertz CT molecular complexity index is 993. The second-order valence-corrected chi connectivity index (χ2v) is 7.93. The number of thiazole rings is 1. The molecule has 0 radical (unpaired) electrons. The lowest BCUT2D eigenvalue weighted by Gasteiger charge is -2.22. The average molecular weight is 422 g/mol. The van der Waals surface area contributed by atoms with E-state index in [2.05, 4.69) is 27.4 Å². The molecule has 1 N–H and O–H groups in total. The number of pyridine rings is 1. The van der Waals surface area contributed by atoms with Gasteiger partial charge >= 0.3 is 6.03 Å². The normalized spacial score (nSPS) is 13.3. The highest BCUT2D eigenvalue weighted by molar-refractivity contribution is 7.14. The first-order chi connectivity index (χ1) is 14.7. The monoisotopic (exact) mass is 421 g/mol. The van der Waals surface area contributed by atoms with Crippen LogP contribution in [0.25, 0.3) is 0 Å². The summed E-state index contributed by atoms with van der Waals surface area (Å²) in [6, 6.07) is 13.9. The van der Waals surface area contributed by atoms with Crippen LogP contribution in [0, 0.1) is 0 Å². The molecule has 0 unspecified atom stereocenters. The Hall–Kier alpha value is -3.26. The molecule has 3 amide bonds. The Kier molecular flexibility index (Phi) is 6.34. The van der Waals surface area contributed by atoms with Crippen LogP contribution in [0.1, 0.15) is 16.8 Å². The van der Waals surface area contributed by atoms with Gasteiger partial charge in [0.15, 0.2) is 5.13 Å². The highest BCUT2D eigenvalue weighted by Crippen LogP contribution is 2.22. The lowest BCUT2D eigenvalue weighted by molar-refractivity contribution is -0.131. The summed E-state index contributed by atoms with van der Waals surface area (Å²) >= 11 is 1.39. The van der Waals surface area contributed by atoms with Gasteiger partial charge < -0.3 is 10.2 Å². The molecule has 0 atom stereocenters. The zero-order valence-electron chi connectivity index (χ0n) is 16.5. The first-order valence-corrected chi connectivity index (χ1v) is 10.8. The number of aromatic nitrogens is 2. The van der Waals surface area contributed by atoms with Crippen LogP contribution in [-0.2, 0) is 24.2 Å². The largest absolute Gasteiger partial charge is 0.338 e. The molecule has 0 saturated carbocycles. The SMILES string of the molecule is O=C(Cc1csc(N2CCNC2=O)n1)N(CCc1ccccc1)Cc1cccnc1. The van der Waals surface area contributed by atoms with Gasteiger partial charge in [-0.25, -0.2) is 9.78 Å². The average Bonchev–Trinajstić information content (AvgIpc) is 3.41. The number of anilines is 1. The summed E-state index contributed by atoms with van der Waals surface area (Å²) in [4.78, 5) is 37.1. The van der Waals surface area contributed by atoms with E-state index in [1.807, 2.05) is 40.6 Å². The van der Waals surface area contributed by atoms with Gasteiger partial charge in [0.25, 0.3) is 0 Å². The molecule has 0 bridgehead atoms. The van der Waals surface area contributed by atoms with Crippen LogP contribution in [0.15, 0.2) is 60.2 Å². The number of carbonyl (C=O) groups is 2. The second-order valence-electron chi connectivity index (χ2n) is 7.09.